The van der Waals surface area contributed by atoms with Gasteiger partial charge in [-0.1, -0.05) is 39.3 Å². The zero-order valence-electron chi connectivity index (χ0n) is 14.2. The lowest BCUT2D eigenvalue weighted by Crippen LogP contribution is -2.59. The first-order valence-electron chi connectivity index (χ1n) is 7.18. The van der Waals surface area contributed by atoms with Gasteiger partial charge in [-0.3, -0.25) is 14.4 Å². The van der Waals surface area contributed by atoms with Crippen LogP contribution in [0, 0.1) is 5.92 Å². The van der Waals surface area contributed by atoms with Crippen molar-refractivity contribution in [2.75, 3.05) is 13.2 Å². The molecule has 0 unspecified atom stereocenters. The standard InChI is InChI=1S/C13H27NO6Si2/c1-21(2,3)14(22(4,5)6)8-7-9-20-13(19)10(11(15)16)12(17)18/h10H,7-9H2,1-6H3,(H,15,16)(H,17,18). The SMILES string of the molecule is C[Si](C)(C)N(CCCOC(=O)C(C(=O)O)C(=O)O)[Si](C)(C)C. The van der Waals surface area contributed by atoms with E-state index in [9.17, 15) is 14.4 Å². The van der Waals surface area contributed by atoms with Crippen molar-refractivity contribution in [3.05, 3.63) is 0 Å². The van der Waals surface area contributed by atoms with Crippen LogP contribution in [0.5, 0.6) is 0 Å². The number of aliphatic carboxylic acids is 2. The van der Waals surface area contributed by atoms with Gasteiger partial charge in [0.1, 0.15) is 16.5 Å². The fourth-order valence-electron chi connectivity index (χ4n) is 2.46. The Morgan fingerprint density at radius 1 is 0.955 bits per heavy atom. The molecule has 2 N–H and O–H groups in total. The molecule has 128 valence electrons. The average Bonchev–Trinajstić information content (AvgIpc) is 2.23. The summed E-state index contributed by atoms with van der Waals surface area (Å²) in [7, 11) is -2.98. The molecule has 0 radical (unpaired) electrons. The minimum atomic E-state index is -2.15. The maximum Gasteiger partial charge on any atom is 0.331 e. The highest BCUT2D eigenvalue weighted by molar-refractivity contribution is 6.89. The molecule has 0 amide bonds. The lowest BCUT2D eigenvalue weighted by Gasteiger charge is -2.43. The molecule has 0 aliphatic heterocycles. The molecule has 0 saturated carbocycles. The second kappa shape index (κ2) is 7.88. The van der Waals surface area contributed by atoms with Crippen molar-refractivity contribution in [2.45, 2.75) is 45.7 Å². The maximum absolute atomic E-state index is 11.5. The van der Waals surface area contributed by atoms with Crippen molar-refractivity contribution in [1.82, 2.24) is 4.23 Å². The summed E-state index contributed by atoms with van der Waals surface area (Å²) >= 11 is 0. The summed E-state index contributed by atoms with van der Waals surface area (Å²) in [6.45, 7) is 14.3. The van der Waals surface area contributed by atoms with Crippen LogP contribution in [0.2, 0.25) is 39.3 Å². The van der Waals surface area contributed by atoms with Crippen LogP contribution in [0.1, 0.15) is 6.42 Å². The number of hydrogen-bond acceptors (Lipinski definition) is 5. The predicted octanol–water partition coefficient (Wildman–Crippen LogP) is 1.68. The third-order valence-corrected chi connectivity index (χ3v) is 10.8. The van der Waals surface area contributed by atoms with E-state index in [4.69, 9.17) is 14.9 Å². The second-order valence-corrected chi connectivity index (χ2v) is 17.3. The van der Waals surface area contributed by atoms with E-state index >= 15 is 0 Å². The van der Waals surface area contributed by atoms with Gasteiger partial charge >= 0.3 is 17.9 Å². The first-order valence-corrected chi connectivity index (χ1v) is 14.1. The van der Waals surface area contributed by atoms with Gasteiger partial charge in [0.15, 0.2) is 0 Å². The maximum atomic E-state index is 11.5. The van der Waals surface area contributed by atoms with Gasteiger partial charge < -0.3 is 19.2 Å². The van der Waals surface area contributed by atoms with Crippen LogP contribution in [0.15, 0.2) is 0 Å². The summed E-state index contributed by atoms with van der Waals surface area (Å²) in [5, 5.41) is 17.4. The molecule has 0 aliphatic carbocycles. The van der Waals surface area contributed by atoms with Crippen LogP contribution in [-0.2, 0) is 19.1 Å². The summed E-state index contributed by atoms with van der Waals surface area (Å²) in [5.41, 5.74) is 0. The Hall–Kier alpha value is -1.20. The van der Waals surface area contributed by atoms with E-state index in [2.05, 4.69) is 43.5 Å². The smallest absolute Gasteiger partial charge is 0.331 e. The molecule has 0 atom stereocenters. The summed E-state index contributed by atoms with van der Waals surface area (Å²) in [4.78, 5) is 32.9. The van der Waals surface area contributed by atoms with Crippen LogP contribution in [0.3, 0.4) is 0 Å². The quantitative estimate of drug-likeness (QED) is 0.282. The van der Waals surface area contributed by atoms with E-state index in [1.54, 1.807) is 0 Å². The van der Waals surface area contributed by atoms with Crippen LogP contribution < -0.4 is 0 Å². The minimum absolute atomic E-state index is 0.0291. The molecule has 0 aromatic carbocycles. The van der Waals surface area contributed by atoms with Crippen molar-refractivity contribution in [3.8, 4) is 0 Å². The van der Waals surface area contributed by atoms with Gasteiger partial charge in [-0.25, -0.2) is 0 Å². The highest BCUT2D eigenvalue weighted by Crippen LogP contribution is 2.19. The topological polar surface area (TPSA) is 104 Å². The molecule has 0 aromatic rings. The molecule has 7 nitrogen and oxygen atoms in total. The van der Waals surface area contributed by atoms with Gasteiger partial charge in [-0.05, 0) is 13.0 Å². The molecule has 0 fully saturated rings. The molecule has 0 heterocycles. The van der Waals surface area contributed by atoms with E-state index in [1.165, 1.54) is 0 Å². The van der Waals surface area contributed by atoms with Gasteiger partial charge in [-0.15, -0.1) is 0 Å². The summed E-state index contributed by atoms with van der Waals surface area (Å²) in [5.74, 6) is -6.77. The highest BCUT2D eigenvalue weighted by Gasteiger charge is 2.36. The fraction of sp³-hybridized carbons (Fsp3) is 0.769. The molecule has 0 aromatic heterocycles. The number of carbonyl (C=O) groups is 3. The second-order valence-electron chi connectivity index (χ2n) is 7.12. The molecule has 0 rings (SSSR count). The van der Waals surface area contributed by atoms with Crippen molar-refractivity contribution >= 4 is 34.4 Å². The van der Waals surface area contributed by atoms with Crippen molar-refractivity contribution in [1.29, 1.82) is 0 Å². The van der Waals surface area contributed by atoms with Gasteiger partial charge in [-0.2, -0.15) is 0 Å². The molecular weight excluding hydrogens is 322 g/mol. The van der Waals surface area contributed by atoms with E-state index < -0.39 is 40.3 Å². The van der Waals surface area contributed by atoms with Crippen LogP contribution in [0.25, 0.3) is 0 Å². The summed E-state index contributed by atoms with van der Waals surface area (Å²) < 4.78 is 7.32. The normalized spacial score (nSPS) is 12.5. The van der Waals surface area contributed by atoms with E-state index in [1.807, 2.05) is 0 Å². The largest absolute Gasteiger partial charge is 0.480 e. The summed E-state index contributed by atoms with van der Waals surface area (Å²) in [6, 6.07) is 0. The Balaban J connectivity index is 4.50. The Kier molecular flexibility index (Phi) is 7.45. The van der Waals surface area contributed by atoms with Crippen LogP contribution in [0.4, 0.5) is 0 Å². The van der Waals surface area contributed by atoms with Crippen LogP contribution in [-0.4, -0.2) is 62.0 Å². The number of ether oxygens (including phenoxy) is 1. The van der Waals surface area contributed by atoms with Gasteiger partial charge in [0, 0.05) is 0 Å². The average molecular weight is 350 g/mol. The highest BCUT2D eigenvalue weighted by atomic mass is 28.4. The van der Waals surface area contributed by atoms with Gasteiger partial charge in [0.05, 0.1) is 6.61 Å². The molecule has 0 spiro atoms. The Morgan fingerprint density at radius 2 is 1.36 bits per heavy atom. The monoisotopic (exact) mass is 349 g/mol. The van der Waals surface area contributed by atoms with Crippen molar-refractivity contribution < 1.29 is 29.3 Å². The van der Waals surface area contributed by atoms with Crippen LogP contribution >= 0.6 is 0 Å². The Labute approximate surface area is 133 Å². The molecule has 0 saturated heterocycles. The third-order valence-electron chi connectivity index (χ3n) is 3.12. The third kappa shape index (κ3) is 6.71. The Morgan fingerprint density at radius 3 is 1.68 bits per heavy atom. The number of nitrogens with zero attached hydrogens (tertiary/aromatic N) is 1. The number of hydrogen-bond donors (Lipinski definition) is 2. The molecule has 0 bridgehead atoms. The molecule has 22 heavy (non-hydrogen) atoms. The van der Waals surface area contributed by atoms with E-state index in [0.29, 0.717) is 6.42 Å². The Bertz CT molecular complexity index is 399. The predicted molar refractivity (Wildman–Crippen MR) is 87.7 cm³/mol. The first kappa shape index (κ1) is 20.8. The number of rotatable bonds is 9. The molecular formula is C13H27NO6Si2. The van der Waals surface area contributed by atoms with E-state index in [-0.39, 0.29) is 6.61 Å². The zero-order valence-corrected chi connectivity index (χ0v) is 16.2. The lowest BCUT2D eigenvalue weighted by atomic mass is 10.1. The number of carbonyl (C=O) groups excluding carboxylic acids is 1. The lowest BCUT2D eigenvalue weighted by molar-refractivity contribution is -0.167. The van der Waals surface area contributed by atoms with E-state index in [0.717, 1.165) is 6.54 Å². The molecule has 0 aliphatic rings. The van der Waals surface area contributed by atoms with Gasteiger partial charge in [0.2, 0.25) is 5.92 Å². The first-order chi connectivity index (χ1) is 9.78. The van der Waals surface area contributed by atoms with Crippen molar-refractivity contribution in [2.24, 2.45) is 5.92 Å². The number of esters is 1. The number of carboxylic acid groups (broad SMARTS) is 2. The zero-order chi connectivity index (χ0) is 17.7. The minimum Gasteiger partial charge on any atom is -0.480 e. The number of carboxylic acids is 2. The molecule has 9 heteroatoms. The fourth-order valence-corrected chi connectivity index (χ4v) is 12.2. The van der Waals surface area contributed by atoms with Gasteiger partial charge in [0.25, 0.3) is 0 Å². The van der Waals surface area contributed by atoms with Crippen molar-refractivity contribution in [3.63, 3.8) is 0 Å². The summed E-state index contributed by atoms with van der Waals surface area (Å²) in [6.07, 6.45) is 0.562.